The fourth-order valence-electron chi connectivity index (χ4n) is 5.49. The van der Waals surface area contributed by atoms with Gasteiger partial charge in [0.15, 0.2) is 0 Å². The van der Waals surface area contributed by atoms with Crippen LogP contribution in [0.4, 0.5) is 0 Å². The summed E-state index contributed by atoms with van der Waals surface area (Å²) >= 11 is 0. The Morgan fingerprint density at radius 3 is 2.63 bits per heavy atom. The van der Waals surface area contributed by atoms with E-state index in [-0.39, 0.29) is 17.4 Å². The molecule has 1 amide bonds. The number of hydrogen-bond donors (Lipinski definition) is 1. The zero-order valence-corrected chi connectivity index (χ0v) is 16.7. The number of piperidine rings is 1. The Hall–Kier alpha value is -1.65. The lowest BCUT2D eigenvalue weighted by atomic mass is 9.72. The van der Waals surface area contributed by atoms with Crippen LogP contribution in [0, 0.1) is 0 Å². The van der Waals surface area contributed by atoms with E-state index in [4.69, 9.17) is 0 Å². The highest BCUT2D eigenvalue weighted by Crippen LogP contribution is 2.52. The van der Waals surface area contributed by atoms with Crippen LogP contribution in [0.3, 0.4) is 0 Å². The van der Waals surface area contributed by atoms with Crippen molar-refractivity contribution in [3.05, 3.63) is 47.0 Å². The molecule has 1 aromatic rings. The number of carbonyl (C=O) groups excluding carboxylic acids is 1. The van der Waals surface area contributed by atoms with Crippen molar-refractivity contribution in [2.24, 2.45) is 0 Å². The molecule has 0 saturated carbocycles. The SMILES string of the molecule is CN(C)[C@@H]1c2ccccc2C2(CCN(C(=O)CC3=CCCCC3)CC2)[C@H]1O. The summed E-state index contributed by atoms with van der Waals surface area (Å²) in [6, 6.07) is 8.53. The molecule has 0 radical (unpaired) electrons. The van der Waals surface area contributed by atoms with Gasteiger partial charge in [0.05, 0.1) is 12.1 Å². The number of benzene rings is 1. The van der Waals surface area contributed by atoms with E-state index in [0.29, 0.717) is 6.42 Å². The molecule has 1 aliphatic heterocycles. The summed E-state index contributed by atoms with van der Waals surface area (Å²) in [5.41, 5.74) is 3.65. The lowest BCUT2D eigenvalue weighted by Gasteiger charge is -2.43. The van der Waals surface area contributed by atoms with E-state index >= 15 is 0 Å². The van der Waals surface area contributed by atoms with Gasteiger partial charge in [-0.15, -0.1) is 0 Å². The van der Waals surface area contributed by atoms with E-state index in [0.717, 1.165) is 38.8 Å². The van der Waals surface area contributed by atoms with Crippen molar-refractivity contribution < 1.29 is 9.90 Å². The highest BCUT2D eigenvalue weighted by molar-refractivity contribution is 5.79. The molecule has 1 heterocycles. The number of carbonyl (C=O) groups is 1. The van der Waals surface area contributed by atoms with Crippen LogP contribution in [0.15, 0.2) is 35.9 Å². The van der Waals surface area contributed by atoms with Crippen molar-refractivity contribution in [3.8, 4) is 0 Å². The number of aliphatic hydroxyl groups excluding tert-OH is 1. The lowest BCUT2D eigenvalue weighted by molar-refractivity contribution is -0.133. The zero-order chi connectivity index (χ0) is 19.0. The quantitative estimate of drug-likeness (QED) is 0.832. The van der Waals surface area contributed by atoms with Gasteiger partial charge in [0.2, 0.25) is 5.91 Å². The molecule has 0 aromatic heterocycles. The molecule has 1 saturated heterocycles. The smallest absolute Gasteiger partial charge is 0.226 e. The first-order valence-electron chi connectivity index (χ1n) is 10.4. The van der Waals surface area contributed by atoms with Crippen LogP contribution < -0.4 is 0 Å². The molecule has 1 aromatic carbocycles. The Labute approximate surface area is 162 Å². The Balaban J connectivity index is 1.49. The molecule has 1 spiro atoms. The average molecular weight is 369 g/mol. The van der Waals surface area contributed by atoms with Crippen molar-refractivity contribution in [1.29, 1.82) is 0 Å². The number of amides is 1. The van der Waals surface area contributed by atoms with Crippen LogP contribution in [-0.2, 0) is 10.2 Å². The molecule has 146 valence electrons. The second-order valence-electron chi connectivity index (χ2n) is 8.76. The van der Waals surface area contributed by atoms with Crippen LogP contribution >= 0.6 is 0 Å². The van der Waals surface area contributed by atoms with Crippen LogP contribution in [0.1, 0.15) is 62.1 Å². The van der Waals surface area contributed by atoms with Crippen LogP contribution in [0.5, 0.6) is 0 Å². The maximum absolute atomic E-state index is 12.8. The summed E-state index contributed by atoms with van der Waals surface area (Å²) in [6.07, 6.45) is 8.83. The summed E-state index contributed by atoms with van der Waals surface area (Å²) < 4.78 is 0. The molecule has 3 aliphatic rings. The fourth-order valence-corrected chi connectivity index (χ4v) is 5.49. The van der Waals surface area contributed by atoms with Crippen molar-refractivity contribution in [3.63, 3.8) is 0 Å². The van der Waals surface area contributed by atoms with Gasteiger partial charge in [-0.2, -0.15) is 0 Å². The third kappa shape index (κ3) is 3.23. The molecule has 1 N–H and O–H groups in total. The first-order chi connectivity index (χ1) is 13.0. The third-order valence-electron chi connectivity index (χ3n) is 7.01. The van der Waals surface area contributed by atoms with Crippen LogP contribution in [0.25, 0.3) is 0 Å². The largest absolute Gasteiger partial charge is 0.390 e. The van der Waals surface area contributed by atoms with E-state index in [2.05, 4.69) is 35.2 Å². The molecule has 1 fully saturated rings. The third-order valence-corrected chi connectivity index (χ3v) is 7.01. The summed E-state index contributed by atoms with van der Waals surface area (Å²) in [6.45, 7) is 1.50. The van der Waals surface area contributed by atoms with Gasteiger partial charge in [0.25, 0.3) is 0 Å². The molecule has 0 bridgehead atoms. The van der Waals surface area contributed by atoms with E-state index < -0.39 is 6.10 Å². The number of hydrogen-bond acceptors (Lipinski definition) is 3. The monoisotopic (exact) mass is 368 g/mol. The van der Waals surface area contributed by atoms with E-state index in [1.54, 1.807) is 0 Å². The number of likely N-dealkylation sites (N-methyl/N-ethyl adjacent to an activating group) is 1. The maximum Gasteiger partial charge on any atom is 0.226 e. The van der Waals surface area contributed by atoms with Gasteiger partial charge in [-0.25, -0.2) is 0 Å². The molecule has 27 heavy (non-hydrogen) atoms. The average Bonchev–Trinajstić information content (AvgIpc) is 2.92. The predicted molar refractivity (Wildman–Crippen MR) is 108 cm³/mol. The Morgan fingerprint density at radius 1 is 1.22 bits per heavy atom. The molecule has 2 aliphatic carbocycles. The predicted octanol–water partition coefficient (Wildman–Crippen LogP) is 3.41. The molecule has 4 rings (SSSR count). The molecule has 0 unspecified atom stereocenters. The van der Waals surface area contributed by atoms with Gasteiger partial charge in [-0.3, -0.25) is 4.79 Å². The van der Waals surface area contributed by atoms with E-state index in [1.807, 2.05) is 19.0 Å². The number of rotatable bonds is 3. The number of allylic oxidation sites excluding steroid dienone is 1. The van der Waals surface area contributed by atoms with Crippen LogP contribution in [-0.4, -0.2) is 54.1 Å². The first-order valence-corrected chi connectivity index (χ1v) is 10.4. The standard InChI is InChI=1S/C23H32N2O2/c1-24(2)21-18-10-6-7-11-19(18)23(22(21)27)12-14-25(15-13-23)20(26)16-17-8-4-3-5-9-17/h6-8,10-11,21-22,27H,3-5,9,12-16H2,1-2H3/t21-,22+/m1/s1. The Bertz CT molecular complexity index is 732. The minimum Gasteiger partial charge on any atom is -0.390 e. The highest BCUT2D eigenvalue weighted by Gasteiger charge is 2.53. The number of likely N-dealkylation sites (tertiary alicyclic amines) is 1. The van der Waals surface area contributed by atoms with Crippen molar-refractivity contribution >= 4 is 5.91 Å². The summed E-state index contributed by atoms with van der Waals surface area (Å²) in [4.78, 5) is 16.9. The maximum atomic E-state index is 12.8. The summed E-state index contributed by atoms with van der Waals surface area (Å²) in [5.74, 6) is 0.267. The number of aliphatic hydroxyl groups is 1. The van der Waals surface area contributed by atoms with Crippen LogP contribution in [0.2, 0.25) is 0 Å². The molecular formula is C23H32N2O2. The second-order valence-corrected chi connectivity index (χ2v) is 8.76. The van der Waals surface area contributed by atoms with Gasteiger partial charge < -0.3 is 14.9 Å². The fraction of sp³-hybridized carbons (Fsp3) is 0.609. The molecular weight excluding hydrogens is 336 g/mol. The molecule has 4 heteroatoms. The summed E-state index contributed by atoms with van der Waals surface area (Å²) in [7, 11) is 4.08. The minimum absolute atomic E-state index is 0.0378. The minimum atomic E-state index is -0.414. The van der Waals surface area contributed by atoms with Gasteiger partial charge in [0, 0.05) is 24.9 Å². The topological polar surface area (TPSA) is 43.8 Å². The molecule has 2 atom stereocenters. The van der Waals surface area contributed by atoms with Crippen molar-refractivity contribution in [1.82, 2.24) is 9.80 Å². The normalized spacial score (nSPS) is 27.0. The zero-order valence-electron chi connectivity index (χ0n) is 16.7. The Morgan fingerprint density at radius 2 is 1.96 bits per heavy atom. The molecule has 4 nitrogen and oxygen atoms in total. The highest BCUT2D eigenvalue weighted by atomic mass is 16.3. The first kappa shape index (κ1) is 18.7. The summed E-state index contributed by atoms with van der Waals surface area (Å²) in [5, 5.41) is 11.3. The van der Waals surface area contributed by atoms with Gasteiger partial charge in [0.1, 0.15) is 0 Å². The number of nitrogens with zero attached hydrogens (tertiary/aromatic N) is 2. The van der Waals surface area contributed by atoms with Gasteiger partial charge in [-0.1, -0.05) is 35.9 Å². The van der Waals surface area contributed by atoms with E-state index in [9.17, 15) is 9.90 Å². The Kier molecular flexibility index (Phi) is 5.13. The van der Waals surface area contributed by atoms with Crippen molar-refractivity contribution in [2.45, 2.75) is 62.5 Å². The number of fused-ring (bicyclic) bond motifs is 2. The van der Waals surface area contributed by atoms with Crippen molar-refractivity contribution in [2.75, 3.05) is 27.2 Å². The second kappa shape index (κ2) is 7.40. The lowest BCUT2D eigenvalue weighted by Crippen LogP contribution is -2.50. The van der Waals surface area contributed by atoms with Gasteiger partial charge in [-0.05, 0) is 63.7 Å². The van der Waals surface area contributed by atoms with Gasteiger partial charge >= 0.3 is 0 Å². The van der Waals surface area contributed by atoms with E-state index in [1.165, 1.54) is 29.5 Å².